The van der Waals surface area contributed by atoms with Crippen LogP contribution in [0.3, 0.4) is 0 Å². The second-order valence-electron chi connectivity index (χ2n) is 4.00. The number of hydrogen-bond acceptors (Lipinski definition) is 5. The minimum absolute atomic E-state index is 0.103. The molecule has 0 spiro atoms. The van der Waals surface area contributed by atoms with Crippen LogP contribution in [0.5, 0.6) is 0 Å². The maximum atomic E-state index is 11.9. The highest BCUT2D eigenvalue weighted by Crippen LogP contribution is 2.18. The highest BCUT2D eigenvalue weighted by atomic mass is 35.5. The van der Waals surface area contributed by atoms with Gasteiger partial charge in [-0.1, -0.05) is 17.7 Å². The fourth-order valence-corrected chi connectivity index (χ4v) is 2.41. The van der Waals surface area contributed by atoms with E-state index in [2.05, 4.69) is 20.4 Å². The van der Waals surface area contributed by atoms with Crippen molar-refractivity contribution in [2.45, 2.75) is 6.42 Å². The van der Waals surface area contributed by atoms with Crippen LogP contribution in [-0.2, 0) is 16.0 Å². The van der Waals surface area contributed by atoms with Crippen molar-refractivity contribution in [2.75, 3.05) is 17.7 Å². The van der Waals surface area contributed by atoms with Crippen molar-refractivity contribution in [1.82, 2.24) is 4.98 Å². The number of thiazole rings is 1. The fraction of sp³-hybridized carbons (Fsp3) is 0.154. The van der Waals surface area contributed by atoms with Crippen LogP contribution in [0.4, 0.5) is 15.6 Å². The third-order valence-electron chi connectivity index (χ3n) is 2.40. The Morgan fingerprint density at radius 1 is 1.38 bits per heavy atom. The number of nitrogens with one attached hydrogen (secondary N) is 2. The SMILES string of the molecule is COC(=O)Nc1nc(CC(=O)Nc2cccc(Cl)c2)cs1. The Kier molecular flexibility index (Phi) is 5.13. The van der Waals surface area contributed by atoms with Gasteiger partial charge in [-0.15, -0.1) is 11.3 Å². The molecule has 1 heterocycles. The van der Waals surface area contributed by atoms with E-state index in [1.54, 1.807) is 29.6 Å². The van der Waals surface area contributed by atoms with E-state index >= 15 is 0 Å². The average Bonchev–Trinajstić information content (AvgIpc) is 2.85. The van der Waals surface area contributed by atoms with E-state index in [1.807, 2.05) is 0 Å². The van der Waals surface area contributed by atoms with Crippen molar-refractivity contribution < 1.29 is 14.3 Å². The Labute approximate surface area is 130 Å². The number of carbonyl (C=O) groups is 2. The second kappa shape index (κ2) is 7.05. The molecular weight excluding hydrogens is 314 g/mol. The van der Waals surface area contributed by atoms with Crippen molar-refractivity contribution in [3.8, 4) is 0 Å². The maximum Gasteiger partial charge on any atom is 0.413 e. The van der Waals surface area contributed by atoms with E-state index in [9.17, 15) is 9.59 Å². The molecule has 0 bridgehead atoms. The summed E-state index contributed by atoms with van der Waals surface area (Å²) in [5.74, 6) is -0.216. The standard InChI is InChI=1S/C13H12ClN3O3S/c1-20-13(19)17-12-16-10(7-21-12)6-11(18)15-9-4-2-3-8(14)5-9/h2-5,7H,6H2,1H3,(H,15,18)(H,16,17,19). The molecule has 1 aromatic heterocycles. The minimum Gasteiger partial charge on any atom is -0.453 e. The Balaban J connectivity index is 1.92. The number of methoxy groups -OCH3 is 1. The summed E-state index contributed by atoms with van der Waals surface area (Å²) in [6.45, 7) is 0. The Bertz CT molecular complexity index is 660. The largest absolute Gasteiger partial charge is 0.453 e. The van der Waals surface area contributed by atoms with Gasteiger partial charge in [0.25, 0.3) is 0 Å². The highest BCUT2D eigenvalue weighted by molar-refractivity contribution is 7.13. The molecule has 0 aliphatic carbocycles. The number of halogens is 1. The van der Waals surface area contributed by atoms with Gasteiger partial charge in [-0.25, -0.2) is 9.78 Å². The van der Waals surface area contributed by atoms with Crippen LogP contribution in [0.15, 0.2) is 29.6 Å². The molecule has 0 aliphatic rings. The third-order valence-corrected chi connectivity index (χ3v) is 3.44. The van der Waals surface area contributed by atoms with Gasteiger partial charge in [0.1, 0.15) is 0 Å². The molecule has 0 radical (unpaired) electrons. The van der Waals surface area contributed by atoms with Crippen LogP contribution >= 0.6 is 22.9 Å². The molecule has 0 saturated heterocycles. The maximum absolute atomic E-state index is 11.9. The quantitative estimate of drug-likeness (QED) is 0.904. The summed E-state index contributed by atoms with van der Waals surface area (Å²) in [6.07, 6.45) is -0.495. The number of anilines is 2. The van der Waals surface area contributed by atoms with Gasteiger partial charge in [-0.05, 0) is 18.2 Å². The molecule has 0 unspecified atom stereocenters. The summed E-state index contributed by atoms with van der Waals surface area (Å²) in [5.41, 5.74) is 1.18. The number of hydrogen-bond donors (Lipinski definition) is 2. The summed E-state index contributed by atoms with van der Waals surface area (Å²) in [4.78, 5) is 27.0. The predicted octanol–water partition coefficient (Wildman–Crippen LogP) is 3.16. The number of nitrogens with zero attached hydrogens (tertiary/aromatic N) is 1. The molecule has 2 N–H and O–H groups in total. The second-order valence-corrected chi connectivity index (χ2v) is 5.29. The molecule has 21 heavy (non-hydrogen) atoms. The smallest absolute Gasteiger partial charge is 0.413 e. The summed E-state index contributed by atoms with van der Waals surface area (Å²) >= 11 is 7.06. The number of ether oxygens (including phenoxy) is 1. The molecule has 1 aromatic carbocycles. The topological polar surface area (TPSA) is 80.3 Å². The summed E-state index contributed by atoms with van der Waals surface area (Å²) in [5, 5.41) is 7.79. The van der Waals surface area contributed by atoms with Gasteiger partial charge >= 0.3 is 6.09 Å². The Morgan fingerprint density at radius 2 is 2.19 bits per heavy atom. The number of benzene rings is 1. The van der Waals surface area contributed by atoms with E-state index in [1.165, 1.54) is 18.4 Å². The van der Waals surface area contributed by atoms with Crippen molar-refractivity contribution >= 4 is 45.8 Å². The molecule has 2 amide bonds. The lowest BCUT2D eigenvalue weighted by Gasteiger charge is -2.04. The van der Waals surface area contributed by atoms with Gasteiger partial charge in [0.05, 0.1) is 19.2 Å². The lowest BCUT2D eigenvalue weighted by atomic mass is 10.3. The zero-order valence-corrected chi connectivity index (χ0v) is 12.6. The molecule has 0 saturated carbocycles. The average molecular weight is 326 g/mol. The van der Waals surface area contributed by atoms with Crippen LogP contribution in [0.25, 0.3) is 0 Å². The first-order valence-electron chi connectivity index (χ1n) is 5.91. The number of aromatic nitrogens is 1. The molecule has 2 rings (SSSR count). The van der Waals surface area contributed by atoms with Gasteiger partial charge in [0.15, 0.2) is 5.13 Å². The zero-order chi connectivity index (χ0) is 15.2. The van der Waals surface area contributed by atoms with E-state index in [0.29, 0.717) is 21.5 Å². The summed E-state index contributed by atoms with van der Waals surface area (Å²) in [7, 11) is 1.27. The van der Waals surface area contributed by atoms with Gasteiger partial charge in [0, 0.05) is 16.1 Å². The monoisotopic (exact) mass is 325 g/mol. The Hall–Kier alpha value is -2.12. The fourth-order valence-electron chi connectivity index (χ4n) is 1.52. The summed E-state index contributed by atoms with van der Waals surface area (Å²) in [6, 6.07) is 6.88. The van der Waals surface area contributed by atoms with E-state index < -0.39 is 6.09 Å². The van der Waals surface area contributed by atoms with Crippen LogP contribution < -0.4 is 10.6 Å². The third kappa shape index (κ3) is 4.73. The Morgan fingerprint density at radius 3 is 2.90 bits per heavy atom. The van der Waals surface area contributed by atoms with Gasteiger partial charge in [0.2, 0.25) is 5.91 Å². The normalized spacial score (nSPS) is 10.0. The van der Waals surface area contributed by atoms with Gasteiger partial charge in [-0.3, -0.25) is 10.1 Å². The van der Waals surface area contributed by atoms with Crippen molar-refractivity contribution in [3.05, 3.63) is 40.4 Å². The van der Waals surface area contributed by atoms with E-state index in [4.69, 9.17) is 11.6 Å². The van der Waals surface area contributed by atoms with Crippen LogP contribution in [-0.4, -0.2) is 24.1 Å². The molecular formula is C13H12ClN3O3S. The molecule has 6 nitrogen and oxygen atoms in total. The molecule has 2 aromatic rings. The molecule has 0 atom stereocenters. The van der Waals surface area contributed by atoms with Crippen LogP contribution in [0.2, 0.25) is 5.02 Å². The van der Waals surface area contributed by atoms with Gasteiger partial charge < -0.3 is 10.1 Å². The van der Waals surface area contributed by atoms with Crippen molar-refractivity contribution in [3.63, 3.8) is 0 Å². The first-order valence-corrected chi connectivity index (χ1v) is 7.17. The molecule has 0 aliphatic heterocycles. The van der Waals surface area contributed by atoms with Crippen LogP contribution in [0.1, 0.15) is 5.69 Å². The summed E-state index contributed by atoms with van der Waals surface area (Å²) < 4.78 is 4.46. The van der Waals surface area contributed by atoms with E-state index in [0.717, 1.165) is 0 Å². The number of rotatable bonds is 4. The first kappa shape index (κ1) is 15.3. The van der Waals surface area contributed by atoms with Gasteiger partial charge in [-0.2, -0.15) is 0 Å². The van der Waals surface area contributed by atoms with Crippen molar-refractivity contribution in [2.24, 2.45) is 0 Å². The number of carbonyl (C=O) groups excluding carboxylic acids is 2. The predicted molar refractivity (Wildman–Crippen MR) is 81.9 cm³/mol. The lowest BCUT2D eigenvalue weighted by Crippen LogP contribution is -2.15. The lowest BCUT2D eigenvalue weighted by molar-refractivity contribution is -0.115. The minimum atomic E-state index is -0.598. The molecule has 110 valence electrons. The van der Waals surface area contributed by atoms with Crippen molar-refractivity contribution in [1.29, 1.82) is 0 Å². The number of amides is 2. The highest BCUT2D eigenvalue weighted by Gasteiger charge is 2.10. The van der Waals surface area contributed by atoms with E-state index in [-0.39, 0.29) is 12.3 Å². The molecule has 0 fully saturated rings. The zero-order valence-electron chi connectivity index (χ0n) is 11.1. The molecule has 8 heteroatoms. The van der Waals surface area contributed by atoms with Crippen LogP contribution in [0, 0.1) is 0 Å². The first-order chi connectivity index (χ1) is 10.1.